The fraction of sp³-hybridized carbons (Fsp3) is 0.909. The Hall–Kier alpha value is -0.530. The van der Waals surface area contributed by atoms with Crippen LogP contribution in [0.3, 0.4) is 0 Å². The summed E-state index contributed by atoms with van der Waals surface area (Å²) < 4.78 is 5.63. The van der Waals surface area contributed by atoms with Crippen molar-refractivity contribution in [2.24, 2.45) is 17.8 Å². The lowest BCUT2D eigenvalue weighted by Gasteiger charge is -2.27. The predicted molar refractivity (Wildman–Crippen MR) is 48.1 cm³/mol. The van der Waals surface area contributed by atoms with Crippen molar-refractivity contribution in [1.29, 1.82) is 0 Å². The summed E-state index contributed by atoms with van der Waals surface area (Å²) in [5, 5.41) is 0. The van der Waals surface area contributed by atoms with Crippen LogP contribution in [0.1, 0.15) is 39.0 Å². The molecule has 4 atom stereocenters. The van der Waals surface area contributed by atoms with Crippen LogP contribution in [-0.2, 0) is 9.53 Å². The van der Waals surface area contributed by atoms with Crippen LogP contribution < -0.4 is 0 Å². The average Bonchev–Trinajstić information content (AvgIpc) is 2.56. The first-order valence-electron chi connectivity index (χ1n) is 5.42. The highest BCUT2D eigenvalue weighted by molar-refractivity contribution is 5.73. The molecule has 1 saturated heterocycles. The van der Waals surface area contributed by atoms with Gasteiger partial charge in [0.15, 0.2) is 0 Å². The van der Waals surface area contributed by atoms with Crippen LogP contribution >= 0.6 is 0 Å². The monoisotopic (exact) mass is 180 g/mol. The molecule has 0 bridgehead atoms. The molecule has 3 aliphatic rings. The number of esters is 1. The van der Waals surface area contributed by atoms with Crippen LogP contribution in [0, 0.1) is 17.8 Å². The van der Waals surface area contributed by atoms with E-state index < -0.39 is 0 Å². The Morgan fingerprint density at radius 2 is 2.15 bits per heavy atom. The van der Waals surface area contributed by atoms with Gasteiger partial charge in [-0.05, 0) is 37.5 Å². The number of hydrogen-bond donors (Lipinski definition) is 0. The van der Waals surface area contributed by atoms with Crippen LogP contribution in [0.25, 0.3) is 0 Å². The van der Waals surface area contributed by atoms with Crippen molar-refractivity contribution in [3.8, 4) is 0 Å². The number of rotatable bonds is 0. The van der Waals surface area contributed by atoms with Crippen molar-refractivity contribution in [2.75, 3.05) is 0 Å². The highest BCUT2D eigenvalue weighted by Crippen LogP contribution is 2.58. The largest absolute Gasteiger partial charge is 0.458 e. The van der Waals surface area contributed by atoms with E-state index in [9.17, 15) is 4.79 Å². The molecule has 3 fully saturated rings. The quantitative estimate of drug-likeness (QED) is 0.534. The maximum atomic E-state index is 11.3. The van der Waals surface area contributed by atoms with E-state index in [1.54, 1.807) is 0 Å². The summed E-state index contributed by atoms with van der Waals surface area (Å²) >= 11 is 0. The third-order valence-corrected chi connectivity index (χ3v) is 4.32. The Kier molecular flexibility index (Phi) is 1.38. The first kappa shape index (κ1) is 7.84. The second-order valence-corrected chi connectivity index (χ2v) is 5.15. The van der Waals surface area contributed by atoms with Gasteiger partial charge in [0.2, 0.25) is 0 Å². The van der Waals surface area contributed by atoms with Crippen molar-refractivity contribution in [3.63, 3.8) is 0 Å². The topological polar surface area (TPSA) is 26.3 Å². The molecule has 0 N–H and O–H groups in total. The zero-order valence-corrected chi connectivity index (χ0v) is 8.08. The Balaban J connectivity index is 1.96. The lowest BCUT2D eigenvalue weighted by Crippen LogP contribution is -2.33. The summed E-state index contributed by atoms with van der Waals surface area (Å²) in [7, 11) is 0. The van der Waals surface area contributed by atoms with Crippen LogP contribution in [0.15, 0.2) is 0 Å². The minimum absolute atomic E-state index is 0.0104. The predicted octanol–water partition coefficient (Wildman–Crippen LogP) is 2.13. The van der Waals surface area contributed by atoms with Gasteiger partial charge in [0.05, 0.1) is 6.42 Å². The zero-order chi connectivity index (χ0) is 9.05. The first-order valence-corrected chi connectivity index (χ1v) is 5.42. The van der Waals surface area contributed by atoms with E-state index in [4.69, 9.17) is 4.74 Å². The molecule has 3 rings (SSSR count). The number of ether oxygens (including phenoxy) is 1. The van der Waals surface area contributed by atoms with E-state index in [1.165, 1.54) is 19.3 Å². The van der Waals surface area contributed by atoms with Crippen molar-refractivity contribution < 1.29 is 9.53 Å². The molecular weight excluding hydrogens is 164 g/mol. The van der Waals surface area contributed by atoms with Gasteiger partial charge in [-0.15, -0.1) is 0 Å². The highest BCUT2D eigenvalue weighted by Gasteiger charge is 2.61. The Labute approximate surface area is 78.6 Å². The van der Waals surface area contributed by atoms with E-state index in [0.29, 0.717) is 18.3 Å². The lowest BCUT2D eigenvalue weighted by atomic mass is 9.86. The van der Waals surface area contributed by atoms with Crippen molar-refractivity contribution in [1.82, 2.24) is 0 Å². The summed E-state index contributed by atoms with van der Waals surface area (Å²) in [5.74, 6) is 2.08. The van der Waals surface area contributed by atoms with Gasteiger partial charge in [-0.25, -0.2) is 0 Å². The lowest BCUT2D eigenvalue weighted by molar-refractivity contribution is -0.151. The van der Waals surface area contributed by atoms with Crippen molar-refractivity contribution in [2.45, 2.75) is 44.6 Å². The van der Waals surface area contributed by atoms with Crippen LogP contribution in [0.4, 0.5) is 0 Å². The molecule has 0 aromatic carbocycles. The minimum Gasteiger partial charge on any atom is -0.458 e. The second kappa shape index (κ2) is 2.28. The molecule has 0 aromatic rings. The van der Waals surface area contributed by atoms with Gasteiger partial charge < -0.3 is 4.74 Å². The Bertz CT molecular complexity index is 261. The van der Waals surface area contributed by atoms with Crippen LogP contribution in [0.2, 0.25) is 0 Å². The molecule has 1 heterocycles. The fourth-order valence-electron chi connectivity index (χ4n) is 3.93. The number of hydrogen-bond acceptors (Lipinski definition) is 2. The number of carbonyl (C=O) groups is 1. The maximum Gasteiger partial charge on any atom is 0.306 e. The molecule has 1 aliphatic heterocycles. The number of carbonyl (C=O) groups excluding carboxylic acids is 1. The van der Waals surface area contributed by atoms with Gasteiger partial charge in [-0.2, -0.15) is 0 Å². The van der Waals surface area contributed by atoms with Crippen LogP contribution in [0.5, 0.6) is 0 Å². The molecule has 72 valence electrons. The van der Waals surface area contributed by atoms with Gasteiger partial charge in [0.1, 0.15) is 5.60 Å². The van der Waals surface area contributed by atoms with Crippen LogP contribution in [-0.4, -0.2) is 11.6 Å². The Morgan fingerprint density at radius 3 is 3.00 bits per heavy atom. The smallest absolute Gasteiger partial charge is 0.306 e. The summed E-state index contributed by atoms with van der Waals surface area (Å²) in [6.07, 6.45) is 5.63. The molecule has 0 aromatic heterocycles. The molecule has 13 heavy (non-hydrogen) atoms. The highest BCUT2D eigenvalue weighted by atomic mass is 16.6. The summed E-state index contributed by atoms with van der Waals surface area (Å²) in [5.41, 5.74) is 0.0104. The molecule has 2 heteroatoms. The Morgan fingerprint density at radius 1 is 1.38 bits per heavy atom. The van der Waals surface area contributed by atoms with E-state index in [0.717, 1.165) is 12.3 Å². The molecule has 4 unspecified atom stereocenters. The molecular formula is C11H16O2. The third-order valence-electron chi connectivity index (χ3n) is 4.32. The maximum absolute atomic E-state index is 11.3. The van der Waals surface area contributed by atoms with E-state index in [2.05, 4.69) is 6.92 Å². The fourth-order valence-corrected chi connectivity index (χ4v) is 3.93. The standard InChI is InChI=1S/C11H16O2/c1-7-4-8-2-3-9-5-10(12)13-11(8,9)6-7/h7-9H,2-6H2,1H3. The van der Waals surface area contributed by atoms with Crippen molar-refractivity contribution in [3.05, 3.63) is 0 Å². The molecule has 2 aliphatic carbocycles. The van der Waals surface area contributed by atoms with Gasteiger partial charge in [0.25, 0.3) is 0 Å². The SMILES string of the molecule is CC1CC2CCC3CC(=O)OC32C1. The summed E-state index contributed by atoms with van der Waals surface area (Å²) in [4.78, 5) is 11.3. The van der Waals surface area contributed by atoms with E-state index in [1.807, 2.05) is 0 Å². The third kappa shape index (κ3) is 0.866. The summed E-state index contributed by atoms with van der Waals surface area (Å²) in [6.45, 7) is 2.29. The minimum atomic E-state index is 0.0104. The zero-order valence-electron chi connectivity index (χ0n) is 8.08. The molecule has 2 saturated carbocycles. The molecule has 2 nitrogen and oxygen atoms in total. The normalized spacial score (nSPS) is 53.3. The van der Waals surface area contributed by atoms with Gasteiger partial charge in [-0.1, -0.05) is 6.92 Å². The summed E-state index contributed by atoms with van der Waals surface area (Å²) in [6, 6.07) is 0. The first-order chi connectivity index (χ1) is 6.21. The average molecular weight is 180 g/mol. The van der Waals surface area contributed by atoms with E-state index >= 15 is 0 Å². The van der Waals surface area contributed by atoms with E-state index in [-0.39, 0.29) is 11.6 Å². The second-order valence-electron chi connectivity index (χ2n) is 5.15. The molecule has 1 spiro atoms. The van der Waals surface area contributed by atoms with Gasteiger partial charge >= 0.3 is 5.97 Å². The van der Waals surface area contributed by atoms with Gasteiger partial charge in [-0.3, -0.25) is 4.79 Å². The van der Waals surface area contributed by atoms with Gasteiger partial charge in [0, 0.05) is 5.92 Å². The molecule has 0 radical (unpaired) electrons. The van der Waals surface area contributed by atoms with Crippen molar-refractivity contribution >= 4 is 5.97 Å². The molecule has 0 amide bonds.